The van der Waals surface area contributed by atoms with Gasteiger partial charge in [0, 0.05) is 28.9 Å². The van der Waals surface area contributed by atoms with Crippen molar-refractivity contribution in [2.24, 2.45) is 0 Å². The zero-order chi connectivity index (χ0) is 9.68. The zero-order valence-electron chi connectivity index (χ0n) is 8.01. The van der Waals surface area contributed by atoms with Crippen LogP contribution in [0.4, 0.5) is 0 Å². The Morgan fingerprint density at radius 1 is 1.31 bits per heavy atom. The van der Waals surface area contributed by atoms with Crippen LogP contribution in [0.3, 0.4) is 0 Å². The third-order valence-corrected chi connectivity index (χ3v) is 2.16. The van der Waals surface area contributed by atoms with Crippen molar-refractivity contribution in [2.45, 2.75) is 20.3 Å². The first-order valence-electron chi connectivity index (χ1n) is 4.36. The van der Waals surface area contributed by atoms with Gasteiger partial charge in [-0.05, 0) is 20.3 Å². The maximum absolute atomic E-state index is 5.54. The molecule has 0 atom stereocenters. The summed E-state index contributed by atoms with van der Waals surface area (Å²) in [5, 5.41) is 0.982. The molecule has 0 aliphatic carbocycles. The van der Waals surface area contributed by atoms with Crippen molar-refractivity contribution in [1.29, 1.82) is 0 Å². The summed E-state index contributed by atoms with van der Waals surface area (Å²) in [4.78, 5) is 4.27. The third-order valence-electron chi connectivity index (χ3n) is 1.60. The van der Waals surface area contributed by atoms with Gasteiger partial charge >= 0.3 is 0 Å². The van der Waals surface area contributed by atoms with E-state index < -0.39 is 0 Å². The topological polar surface area (TPSA) is 22.1 Å². The number of aromatic nitrogens is 1. The van der Waals surface area contributed by atoms with Crippen molar-refractivity contribution in [3.8, 4) is 5.75 Å². The van der Waals surface area contributed by atoms with Gasteiger partial charge in [-0.25, -0.2) is 0 Å². The molecular formula is C10H14BrNO. The molecule has 0 spiro atoms. The third kappa shape index (κ3) is 3.77. The number of hydrogen-bond donors (Lipinski definition) is 0. The Hall–Kier alpha value is -0.570. The molecule has 0 amide bonds. The fourth-order valence-corrected chi connectivity index (χ4v) is 1.35. The minimum atomic E-state index is 0.758. The van der Waals surface area contributed by atoms with Crippen molar-refractivity contribution < 1.29 is 4.74 Å². The summed E-state index contributed by atoms with van der Waals surface area (Å²) >= 11 is 3.36. The fourth-order valence-electron chi connectivity index (χ4n) is 1.12. The van der Waals surface area contributed by atoms with Crippen molar-refractivity contribution in [1.82, 2.24) is 4.98 Å². The number of aryl methyl sites for hydroxylation is 2. The first-order valence-corrected chi connectivity index (χ1v) is 5.48. The van der Waals surface area contributed by atoms with Crippen LogP contribution in [0, 0.1) is 13.8 Å². The van der Waals surface area contributed by atoms with Gasteiger partial charge in [-0.15, -0.1) is 0 Å². The highest BCUT2D eigenvalue weighted by Crippen LogP contribution is 2.13. The van der Waals surface area contributed by atoms with Crippen molar-refractivity contribution >= 4 is 15.9 Å². The molecule has 72 valence electrons. The van der Waals surface area contributed by atoms with Crippen LogP contribution in [0.2, 0.25) is 0 Å². The molecule has 0 saturated carbocycles. The summed E-state index contributed by atoms with van der Waals surface area (Å²) in [5.41, 5.74) is 2.02. The Bertz CT molecular complexity index is 255. The number of halogens is 1. The van der Waals surface area contributed by atoms with Gasteiger partial charge in [0.05, 0.1) is 6.61 Å². The molecule has 0 aromatic carbocycles. The molecule has 3 heteroatoms. The normalized spacial score (nSPS) is 10.1. The maximum Gasteiger partial charge on any atom is 0.122 e. The Labute approximate surface area is 87.5 Å². The molecule has 0 bridgehead atoms. The second-order valence-corrected chi connectivity index (χ2v) is 3.77. The van der Waals surface area contributed by atoms with Crippen LogP contribution >= 0.6 is 15.9 Å². The van der Waals surface area contributed by atoms with Crippen molar-refractivity contribution in [3.05, 3.63) is 23.5 Å². The average Bonchev–Trinajstić information content (AvgIpc) is 2.03. The Kier molecular flexibility index (Phi) is 4.22. The zero-order valence-corrected chi connectivity index (χ0v) is 9.60. The Morgan fingerprint density at radius 3 is 2.46 bits per heavy atom. The number of rotatable bonds is 4. The van der Waals surface area contributed by atoms with E-state index in [4.69, 9.17) is 4.74 Å². The molecule has 0 unspecified atom stereocenters. The van der Waals surface area contributed by atoms with E-state index >= 15 is 0 Å². The molecule has 0 radical (unpaired) electrons. The van der Waals surface area contributed by atoms with Gasteiger partial charge in [-0.3, -0.25) is 4.98 Å². The number of hydrogen-bond acceptors (Lipinski definition) is 2. The van der Waals surface area contributed by atoms with Gasteiger partial charge in [0.25, 0.3) is 0 Å². The quantitative estimate of drug-likeness (QED) is 0.600. The lowest BCUT2D eigenvalue weighted by atomic mass is 10.3. The highest BCUT2D eigenvalue weighted by Gasteiger charge is 1.96. The Morgan fingerprint density at radius 2 is 1.92 bits per heavy atom. The predicted octanol–water partition coefficient (Wildman–Crippen LogP) is 2.86. The standard InChI is InChI=1S/C10H14BrNO/c1-8-6-10(7-9(2)12-8)13-5-3-4-11/h6-7H,3-5H2,1-2H3. The summed E-state index contributed by atoms with van der Waals surface area (Å²) in [6.45, 7) is 4.71. The molecule has 1 aromatic rings. The van der Waals surface area contributed by atoms with Crippen LogP contribution in [-0.2, 0) is 0 Å². The highest BCUT2D eigenvalue weighted by atomic mass is 79.9. The van der Waals surface area contributed by atoms with Crippen LogP contribution in [0.15, 0.2) is 12.1 Å². The van der Waals surface area contributed by atoms with Crippen LogP contribution in [-0.4, -0.2) is 16.9 Å². The van der Waals surface area contributed by atoms with E-state index in [1.54, 1.807) is 0 Å². The van der Waals surface area contributed by atoms with Gasteiger partial charge < -0.3 is 4.74 Å². The molecular weight excluding hydrogens is 230 g/mol. The van der Waals surface area contributed by atoms with E-state index in [-0.39, 0.29) is 0 Å². The predicted molar refractivity (Wildman–Crippen MR) is 57.6 cm³/mol. The molecule has 0 fully saturated rings. The summed E-state index contributed by atoms with van der Waals surface area (Å²) < 4.78 is 5.54. The number of nitrogens with zero attached hydrogens (tertiary/aromatic N) is 1. The van der Waals surface area contributed by atoms with Gasteiger partial charge in [0.15, 0.2) is 0 Å². The van der Waals surface area contributed by atoms with E-state index in [1.807, 2.05) is 26.0 Å². The lowest BCUT2D eigenvalue weighted by Gasteiger charge is -2.06. The molecule has 1 aromatic heterocycles. The largest absolute Gasteiger partial charge is 0.493 e. The van der Waals surface area contributed by atoms with E-state index in [2.05, 4.69) is 20.9 Å². The van der Waals surface area contributed by atoms with E-state index in [0.717, 1.165) is 35.5 Å². The number of alkyl halides is 1. The van der Waals surface area contributed by atoms with Crippen LogP contribution in [0.25, 0.3) is 0 Å². The number of ether oxygens (including phenoxy) is 1. The molecule has 0 saturated heterocycles. The molecule has 2 nitrogen and oxygen atoms in total. The molecule has 13 heavy (non-hydrogen) atoms. The summed E-state index contributed by atoms with van der Waals surface area (Å²) in [6, 6.07) is 3.92. The van der Waals surface area contributed by atoms with Gasteiger partial charge in [0.1, 0.15) is 5.75 Å². The molecule has 1 heterocycles. The highest BCUT2D eigenvalue weighted by molar-refractivity contribution is 9.09. The van der Waals surface area contributed by atoms with E-state index in [0.29, 0.717) is 0 Å². The first-order chi connectivity index (χ1) is 6.22. The first kappa shape index (κ1) is 10.5. The van der Waals surface area contributed by atoms with Crippen molar-refractivity contribution in [2.75, 3.05) is 11.9 Å². The monoisotopic (exact) mass is 243 g/mol. The SMILES string of the molecule is Cc1cc(OCCCBr)cc(C)n1. The van der Waals surface area contributed by atoms with Crippen LogP contribution < -0.4 is 4.74 Å². The van der Waals surface area contributed by atoms with Crippen LogP contribution in [0.5, 0.6) is 5.75 Å². The summed E-state index contributed by atoms with van der Waals surface area (Å²) in [5.74, 6) is 0.922. The molecule has 0 aliphatic heterocycles. The number of pyridine rings is 1. The van der Waals surface area contributed by atoms with E-state index in [9.17, 15) is 0 Å². The maximum atomic E-state index is 5.54. The smallest absolute Gasteiger partial charge is 0.122 e. The molecule has 0 N–H and O–H groups in total. The second kappa shape index (κ2) is 5.22. The lowest BCUT2D eigenvalue weighted by molar-refractivity contribution is 0.318. The second-order valence-electron chi connectivity index (χ2n) is 2.98. The van der Waals surface area contributed by atoms with E-state index in [1.165, 1.54) is 0 Å². The van der Waals surface area contributed by atoms with Crippen molar-refractivity contribution in [3.63, 3.8) is 0 Å². The van der Waals surface area contributed by atoms with Gasteiger partial charge in [0.2, 0.25) is 0 Å². The average molecular weight is 244 g/mol. The minimum Gasteiger partial charge on any atom is -0.493 e. The molecule has 0 aliphatic rings. The summed E-state index contributed by atoms with van der Waals surface area (Å²) in [7, 11) is 0. The lowest BCUT2D eigenvalue weighted by Crippen LogP contribution is -1.99. The van der Waals surface area contributed by atoms with Gasteiger partial charge in [-0.2, -0.15) is 0 Å². The molecule has 1 rings (SSSR count). The summed E-state index contributed by atoms with van der Waals surface area (Å²) in [6.07, 6.45) is 1.03. The Balaban J connectivity index is 2.56. The van der Waals surface area contributed by atoms with Gasteiger partial charge in [-0.1, -0.05) is 15.9 Å². The van der Waals surface area contributed by atoms with Crippen LogP contribution in [0.1, 0.15) is 17.8 Å². The minimum absolute atomic E-state index is 0.758. The fraction of sp³-hybridized carbons (Fsp3) is 0.500.